The summed E-state index contributed by atoms with van der Waals surface area (Å²) in [6.07, 6.45) is 1.02. The second-order valence-corrected chi connectivity index (χ2v) is 5.69. The fraction of sp³-hybridized carbons (Fsp3) is 0.294. The molecule has 0 aliphatic heterocycles. The van der Waals surface area contributed by atoms with Gasteiger partial charge in [-0.2, -0.15) is 0 Å². The van der Waals surface area contributed by atoms with E-state index in [2.05, 4.69) is 71.5 Å². The average Bonchev–Trinajstić information content (AvgIpc) is 2.44. The molecule has 2 rings (SSSR count). The third-order valence-corrected chi connectivity index (χ3v) is 3.59. The molecule has 2 aromatic carbocycles. The molecule has 106 valence electrons. The van der Waals surface area contributed by atoms with Gasteiger partial charge in [0, 0.05) is 12.2 Å². The van der Waals surface area contributed by atoms with Gasteiger partial charge in [0.25, 0.3) is 0 Å². The van der Waals surface area contributed by atoms with Crippen LogP contribution in [0.3, 0.4) is 0 Å². The van der Waals surface area contributed by atoms with Crippen LogP contribution >= 0.6 is 15.9 Å². The standard InChI is InChI=1S/C17H20BrNO/c1-3-9-20-17-8-7-14(11-16(17)18)12-19-15-6-4-5-13(2)10-15/h4-8,10-11,19H,3,9,12H2,1-2H3. The molecule has 0 unspecified atom stereocenters. The Labute approximate surface area is 129 Å². The van der Waals surface area contributed by atoms with Crippen molar-refractivity contribution in [3.63, 3.8) is 0 Å². The maximum atomic E-state index is 5.65. The van der Waals surface area contributed by atoms with Crippen LogP contribution in [0.5, 0.6) is 5.75 Å². The molecule has 0 fully saturated rings. The first-order valence-electron chi connectivity index (χ1n) is 6.91. The third kappa shape index (κ3) is 4.27. The SMILES string of the molecule is CCCOc1ccc(CNc2cccc(C)c2)cc1Br. The molecule has 3 heteroatoms. The van der Waals surface area contributed by atoms with Crippen molar-refractivity contribution in [3.8, 4) is 5.75 Å². The molecule has 0 bridgehead atoms. The first kappa shape index (κ1) is 14.9. The van der Waals surface area contributed by atoms with E-state index in [1.807, 2.05) is 6.07 Å². The van der Waals surface area contributed by atoms with Crippen molar-refractivity contribution in [3.05, 3.63) is 58.1 Å². The quantitative estimate of drug-likeness (QED) is 0.788. The first-order valence-corrected chi connectivity index (χ1v) is 7.70. The number of aryl methyl sites for hydroxylation is 1. The Hall–Kier alpha value is -1.48. The minimum Gasteiger partial charge on any atom is -0.492 e. The van der Waals surface area contributed by atoms with Crippen molar-refractivity contribution >= 4 is 21.6 Å². The van der Waals surface area contributed by atoms with Crippen molar-refractivity contribution < 1.29 is 4.74 Å². The second kappa shape index (κ2) is 7.34. The van der Waals surface area contributed by atoms with E-state index in [9.17, 15) is 0 Å². The van der Waals surface area contributed by atoms with Crippen LogP contribution in [0.2, 0.25) is 0 Å². The molecule has 2 nitrogen and oxygen atoms in total. The van der Waals surface area contributed by atoms with Gasteiger partial charge >= 0.3 is 0 Å². The number of nitrogens with one attached hydrogen (secondary N) is 1. The molecule has 0 radical (unpaired) electrons. The summed E-state index contributed by atoms with van der Waals surface area (Å²) in [5, 5.41) is 3.43. The van der Waals surface area contributed by atoms with Crippen LogP contribution in [0.15, 0.2) is 46.9 Å². The Morgan fingerprint density at radius 2 is 2.00 bits per heavy atom. The van der Waals surface area contributed by atoms with E-state index < -0.39 is 0 Å². The van der Waals surface area contributed by atoms with Crippen LogP contribution in [0, 0.1) is 6.92 Å². The summed E-state index contributed by atoms with van der Waals surface area (Å²) in [5.74, 6) is 0.908. The van der Waals surface area contributed by atoms with Crippen molar-refractivity contribution in [2.45, 2.75) is 26.8 Å². The number of halogens is 1. The molecule has 0 heterocycles. The predicted molar refractivity (Wildman–Crippen MR) is 88.4 cm³/mol. The lowest BCUT2D eigenvalue weighted by Crippen LogP contribution is -2.01. The largest absolute Gasteiger partial charge is 0.492 e. The van der Waals surface area contributed by atoms with Crippen LogP contribution in [-0.2, 0) is 6.54 Å². The number of ether oxygens (including phenoxy) is 1. The van der Waals surface area contributed by atoms with E-state index in [0.717, 1.165) is 35.5 Å². The summed E-state index contributed by atoms with van der Waals surface area (Å²) in [6, 6.07) is 14.6. The van der Waals surface area contributed by atoms with Crippen molar-refractivity contribution in [1.82, 2.24) is 0 Å². The Morgan fingerprint density at radius 1 is 1.15 bits per heavy atom. The topological polar surface area (TPSA) is 21.3 Å². The zero-order valence-corrected chi connectivity index (χ0v) is 13.5. The number of hydrogen-bond acceptors (Lipinski definition) is 2. The summed E-state index contributed by atoms with van der Waals surface area (Å²) >= 11 is 3.56. The predicted octanol–water partition coefficient (Wildman–Crippen LogP) is 5.16. The van der Waals surface area contributed by atoms with Gasteiger partial charge in [0.2, 0.25) is 0 Å². The van der Waals surface area contributed by atoms with Crippen LogP contribution in [-0.4, -0.2) is 6.61 Å². The molecular formula is C17H20BrNO. The fourth-order valence-corrected chi connectivity index (χ4v) is 2.48. The maximum Gasteiger partial charge on any atom is 0.133 e. The first-order chi connectivity index (χ1) is 9.69. The summed E-state index contributed by atoms with van der Waals surface area (Å²) in [6.45, 7) is 5.76. The lowest BCUT2D eigenvalue weighted by molar-refractivity contribution is 0.315. The van der Waals surface area contributed by atoms with Gasteiger partial charge in [0.05, 0.1) is 11.1 Å². The molecule has 0 amide bonds. The average molecular weight is 334 g/mol. The van der Waals surface area contributed by atoms with Crippen molar-refractivity contribution in [2.24, 2.45) is 0 Å². The summed E-state index contributed by atoms with van der Waals surface area (Å²) < 4.78 is 6.66. The molecule has 20 heavy (non-hydrogen) atoms. The van der Waals surface area contributed by atoms with Gasteiger partial charge < -0.3 is 10.1 Å². The van der Waals surface area contributed by atoms with Crippen LogP contribution in [0.1, 0.15) is 24.5 Å². The van der Waals surface area contributed by atoms with Crippen LogP contribution in [0.25, 0.3) is 0 Å². The highest BCUT2D eigenvalue weighted by Crippen LogP contribution is 2.26. The molecular weight excluding hydrogens is 314 g/mol. The Balaban J connectivity index is 1.98. The van der Waals surface area contributed by atoms with Gasteiger partial charge in [-0.15, -0.1) is 0 Å². The number of rotatable bonds is 6. The summed E-state index contributed by atoms with van der Waals surface area (Å²) in [5.41, 5.74) is 3.63. The number of benzene rings is 2. The van der Waals surface area contributed by atoms with E-state index in [4.69, 9.17) is 4.74 Å². The van der Waals surface area contributed by atoms with E-state index in [0.29, 0.717) is 0 Å². The molecule has 0 spiro atoms. The van der Waals surface area contributed by atoms with Gasteiger partial charge in [-0.05, 0) is 64.7 Å². The van der Waals surface area contributed by atoms with Gasteiger partial charge in [-0.3, -0.25) is 0 Å². The van der Waals surface area contributed by atoms with E-state index in [1.54, 1.807) is 0 Å². The molecule has 0 atom stereocenters. The molecule has 0 saturated carbocycles. The highest BCUT2D eigenvalue weighted by molar-refractivity contribution is 9.10. The second-order valence-electron chi connectivity index (χ2n) is 4.84. The number of anilines is 1. The van der Waals surface area contributed by atoms with Crippen LogP contribution in [0.4, 0.5) is 5.69 Å². The fourth-order valence-electron chi connectivity index (χ4n) is 1.94. The van der Waals surface area contributed by atoms with Gasteiger partial charge in [-0.25, -0.2) is 0 Å². The molecule has 0 aromatic heterocycles. The molecule has 0 saturated heterocycles. The Morgan fingerprint density at radius 3 is 2.70 bits per heavy atom. The maximum absolute atomic E-state index is 5.65. The third-order valence-electron chi connectivity index (χ3n) is 2.97. The normalized spacial score (nSPS) is 10.3. The highest BCUT2D eigenvalue weighted by atomic mass is 79.9. The van der Waals surface area contributed by atoms with Crippen molar-refractivity contribution in [2.75, 3.05) is 11.9 Å². The Kier molecular flexibility index (Phi) is 5.48. The lowest BCUT2D eigenvalue weighted by Gasteiger charge is -2.10. The smallest absolute Gasteiger partial charge is 0.133 e. The molecule has 2 aromatic rings. The highest BCUT2D eigenvalue weighted by Gasteiger charge is 2.02. The minimum atomic E-state index is 0.749. The zero-order chi connectivity index (χ0) is 14.4. The van der Waals surface area contributed by atoms with E-state index >= 15 is 0 Å². The minimum absolute atomic E-state index is 0.749. The lowest BCUT2D eigenvalue weighted by atomic mass is 10.2. The van der Waals surface area contributed by atoms with Gasteiger partial charge in [-0.1, -0.05) is 25.1 Å². The number of hydrogen-bond donors (Lipinski definition) is 1. The monoisotopic (exact) mass is 333 g/mol. The molecule has 1 N–H and O–H groups in total. The van der Waals surface area contributed by atoms with Crippen molar-refractivity contribution in [1.29, 1.82) is 0 Å². The van der Waals surface area contributed by atoms with E-state index in [-0.39, 0.29) is 0 Å². The molecule has 0 aliphatic rings. The zero-order valence-electron chi connectivity index (χ0n) is 11.9. The molecule has 0 aliphatic carbocycles. The van der Waals surface area contributed by atoms with Crippen LogP contribution < -0.4 is 10.1 Å². The summed E-state index contributed by atoms with van der Waals surface area (Å²) in [7, 11) is 0. The Bertz CT molecular complexity index is 569. The van der Waals surface area contributed by atoms with Gasteiger partial charge in [0.1, 0.15) is 5.75 Å². The van der Waals surface area contributed by atoms with E-state index in [1.165, 1.54) is 11.1 Å². The van der Waals surface area contributed by atoms with Gasteiger partial charge in [0.15, 0.2) is 0 Å². The summed E-state index contributed by atoms with van der Waals surface area (Å²) in [4.78, 5) is 0.